The van der Waals surface area contributed by atoms with Gasteiger partial charge in [0, 0.05) is 0 Å². The summed E-state index contributed by atoms with van der Waals surface area (Å²) in [4.78, 5) is 10.5. The van der Waals surface area contributed by atoms with Gasteiger partial charge in [-0.05, 0) is 18.9 Å². The lowest BCUT2D eigenvalue weighted by atomic mass is 10.1. The first-order valence-corrected chi connectivity index (χ1v) is 5.02. The molecule has 15 heavy (non-hydrogen) atoms. The summed E-state index contributed by atoms with van der Waals surface area (Å²) in [7, 11) is 0. The Hall–Kier alpha value is -0.750. The van der Waals surface area contributed by atoms with Crippen LogP contribution in [0.1, 0.15) is 13.3 Å². The number of alkyl halides is 2. The standard InChI is InChI=1S/C6H12N2O.C3H5F2N/c1-4-2-5(6(7)9)8-3-4;4-3(5)1-6-2-3/h4-5,8H,2-3H2,1H3,(H2,7,9);6H,1-2H2. The lowest BCUT2D eigenvalue weighted by molar-refractivity contribution is -0.119. The van der Waals surface area contributed by atoms with Crippen molar-refractivity contribution >= 4 is 5.91 Å². The van der Waals surface area contributed by atoms with Crippen molar-refractivity contribution < 1.29 is 13.6 Å². The third kappa shape index (κ3) is 4.09. The third-order valence-electron chi connectivity index (χ3n) is 2.46. The summed E-state index contributed by atoms with van der Waals surface area (Å²) in [6.07, 6.45) is 0.898. The maximum atomic E-state index is 11.5. The fourth-order valence-electron chi connectivity index (χ4n) is 1.44. The summed E-state index contributed by atoms with van der Waals surface area (Å²) in [6.45, 7) is 2.77. The molecular weight excluding hydrogens is 204 g/mol. The van der Waals surface area contributed by atoms with Gasteiger partial charge in [-0.2, -0.15) is 0 Å². The van der Waals surface area contributed by atoms with Crippen molar-refractivity contribution in [3.05, 3.63) is 0 Å². The van der Waals surface area contributed by atoms with Gasteiger partial charge in [0.05, 0.1) is 19.1 Å². The van der Waals surface area contributed by atoms with Crippen molar-refractivity contribution in [2.75, 3.05) is 19.6 Å². The van der Waals surface area contributed by atoms with E-state index in [-0.39, 0.29) is 25.0 Å². The highest BCUT2D eigenvalue weighted by Crippen LogP contribution is 2.16. The van der Waals surface area contributed by atoms with Gasteiger partial charge in [0.25, 0.3) is 5.92 Å². The van der Waals surface area contributed by atoms with E-state index in [1.807, 2.05) is 0 Å². The highest BCUT2D eigenvalue weighted by atomic mass is 19.3. The van der Waals surface area contributed by atoms with Gasteiger partial charge >= 0.3 is 0 Å². The van der Waals surface area contributed by atoms with E-state index < -0.39 is 5.92 Å². The van der Waals surface area contributed by atoms with Crippen LogP contribution in [0.4, 0.5) is 8.78 Å². The van der Waals surface area contributed by atoms with E-state index in [2.05, 4.69) is 17.6 Å². The number of primary amides is 1. The molecule has 0 aromatic heterocycles. The van der Waals surface area contributed by atoms with Crippen molar-refractivity contribution in [1.82, 2.24) is 10.6 Å². The van der Waals surface area contributed by atoms with E-state index in [0.29, 0.717) is 5.92 Å². The van der Waals surface area contributed by atoms with Crippen LogP contribution in [0.5, 0.6) is 0 Å². The summed E-state index contributed by atoms with van der Waals surface area (Å²) in [5.41, 5.74) is 5.06. The molecule has 4 nitrogen and oxygen atoms in total. The summed E-state index contributed by atoms with van der Waals surface area (Å²) in [6, 6.07) is -0.0694. The zero-order chi connectivity index (χ0) is 11.5. The molecule has 0 spiro atoms. The fourth-order valence-corrected chi connectivity index (χ4v) is 1.44. The van der Waals surface area contributed by atoms with Crippen LogP contribution in [-0.2, 0) is 4.79 Å². The zero-order valence-electron chi connectivity index (χ0n) is 8.72. The Balaban J connectivity index is 0.000000162. The first-order valence-electron chi connectivity index (χ1n) is 5.02. The van der Waals surface area contributed by atoms with E-state index in [1.54, 1.807) is 0 Å². The normalized spacial score (nSPS) is 32.5. The smallest absolute Gasteiger partial charge is 0.272 e. The minimum absolute atomic E-state index is 0.0694. The van der Waals surface area contributed by atoms with E-state index in [9.17, 15) is 13.6 Å². The van der Waals surface area contributed by atoms with Gasteiger partial charge in [-0.1, -0.05) is 6.92 Å². The average molecular weight is 221 g/mol. The SMILES string of the molecule is CC1CNC(C(N)=O)C1.FC1(F)CNC1. The Kier molecular flexibility index (Phi) is 3.98. The lowest BCUT2D eigenvalue weighted by Crippen LogP contribution is -2.52. The van der Waals surface area contributed by atoms with Gasteiger partial charge in [-0.15, -0.1) is 0 Å². The van der Waals surface area contributed by atoms with Crippen LogP contribution in [-0.4, -0.2) is 37.5 Å². The Morgan fingerprint density at radius 2 is 2.00 bits per heavy atom. The first kappa shape index (κ1) is 12.3. The number of carbonyl (C=O) groups is 1. The first-order chi connectivity index (χ1) is 6.91. The van der Waals surface area contributed by atoms with Crippen LogP contribution in [0, 0.1) is 5.92 Å². The van der Waals surface area contributed by atoms with Gasteiger partial charge < -0.3 is 16.4 Å². The minimum atomic E-state index is -2.39. The minimum Gasteiger partial charge on any atom is -0.368 e. The van der Waals surface area contributed by atoms with Crippen molar-refractivity contribution in [3.63, 3.8) is 0 Å². The number of hydrogen-bond acceptors (Lipinski definition) is 3. The number of amides is 1. The largest absolute Gasteiger partial charge is 0.368 e. The Bertz CT molecular complexity index is 229. The van der Waals surface area contributed by atoms with Crippen LogP contribution in [0.2, 0.25) is 0 Å². The fraction of sp³-hybridized carbons (Fsp3) is 0.889. The van der Waals surface area contributed by atoms with Crippen molar-refractivity contribution in [1.29, 1.82) is 0 Å². The van der Waals surface area contributed by atoms with E-state index in [0.717, 1.165) is 13.0 Å². The lowest BCUT2D eigenvalue weighted by Gasteiger charge is -2.25. The second-order valence-corrected chi connectivity index (χ2v) is 4.16. The van der Waals surface area contributed by atoms with Gasteiger partial charge in [0.2, 0.25) is 5.91 Å². The second kappa shape index (κ2) is 4.85. The van der Waals surface area contributed by atoms with E-state index in [4.69, 9.17) is 5.73 Å². The van der Waals surface area contributed by atoms with Crippen LogP contribution in [0.15, 0.2) is 0 Å². The molecule has 1 amide bonds. The number of carbonyl (C=O) groups excluding carboxylic acids is 1. The molecule has 0 radical (unpaired) electrons. The summed E-state index contributed by atoms with van der Waals surface area (Å²) in [5, 5.41) is 5.48. The van der Waals surface area contributed by atoms with Crippen LogP contribution >= 0.6 is 0 Å². The molecule has 4 N–H and O–H groups in total. The molecule has 0 saturated carbocycles. The van der Waals surface area contributed by atoms with Gasteiger partial charge in [0.1, 0.15) is 0 Å². The molecule has 2 fully saturated rings. The molecule has 2 aliphatic rings. The van der Waals surface area contributed by atoms with Crippen molar-refractivity contribution in [3.8, 4) is 0 Å². The van der Waals surface area contributed by atoms with Crippen LogP contribution in [0.3, 0.4) is 0 Å². The van der Waals surface area contributed by atoms with E-state index >= 15 is 0 Å². The molecule has 88 valence electrons. The number of hydrogen-bond donors (Lipinski definition) is 3. The zero-order valence-corrected chi connectivity index (χ0v) is 8.72. The van der Waals surface area contributed by atoms with Crippen molar-refractivity contribution in [2.45, 2.75) is 25.3 Å². The maximum absolute atomic E-state index is 11.5. The molecule has 2 unspecified atom stereocenters. The van der Waals surface area contributed by atoms with Crippen LogP contribution in [0.25, 0.3) is 0 Å². The van der Waals surface area contributed by atoms with E-state index in [1.165, 1.54) is 0 Å². The highest BCUT2D eigenvalue weighted by Gasteiger charge is 2.36. The summed E-state index contributed by atoms with van der Waals surface area (Å²) in [5.74, 6) is -2.01. The van der Waals surface area contributed by atoms with Gasteiger partial charge in [-0.3, -0.25) is 4.79 Å². The average Bonchev–Trinajstić information content (AvgIpc) is 2.50. The highest BCUT2D eigenvalue weighted by molar-refractivity contribution is 5.80. The number of rotatable bonds is 1. The molecule has 0 aliphatic carbocycles. The van der Waals surface area contributed by atoms with Gasteiger partial charge in [0.15, 0.2) is 0 Å². The number of halogens is 2. The Morgan fingerprint density at radius 3 is 2.13 bits per heavy atom. The quantitative estimate of drug-likeness (QED) is 0.569. The van der Waals surface area contributed by atoms with Gasteiger partial charge in [-0.25, -0.2) is 8.78 Å². The molecule has 2 aliphatic heterocycles. The predicted octanol–water partition coefficient (Wildman–Crippen LogP) is -0.305. The second-order valence-electron chi connectivity index (χ2n) is 4.16. The maximum Gasteiger partial charge on any atom is 0.272 e. The molecule has 2 atom stereocenters. The third-order valence-corrected chi connectivity index (χ3v) is 2.46. The number of nitrogens with two attached hydrogens (primary N) is 1. The molecular formula is C9H17F2N3O. The molecule has 0 aromatic carbocycles. The molecule has 2 heterocycles. The van der Waals surface area contributed by atoms with Crippen LogP contribution < -0.4 is 16.4 Å². The molecule has 2 rings (SSSR count). The number of nitrogens with one attached hydrogen (secondary N) is 2. The summed E-state index contributed by atoms with van der Waals surface area (Å²) < 4.78 is 23.0. The molecule has 2 saturated heterocycles. The monoisotopic (exact) mass is 221 g/mol. The topological polar surface area (TPSA) is 67.1 Å². The molecule has 0 bridgehead atoms. The Morgan fingerprint density at radius 1 is 1.47 bits per heavy atom. The molecule has 6 heteroatoms. The predicted molar refractivity (Wildman–Crippen MR) is 52.6 cm³/mol. The molecule has 0 aromatic rings. The Labute approximate surface area is 87.6 Å². The summed E-state index contributed by atoms with van der Waals surface area (Å²) >= 11 is 0. The van der Waals surface area contributed by atoms with Crippen molar-refractivity contribution in [2.24, 2.45) is 11.7 Å².